The molecule has 0 saturated carbocycles. The second-order valence-electron chi connectivity index (χ2n) is 13.0. The molecule has 1 aromatic heterocycles. The second-order valence-corrected chi connectivity index (χ2v) is 15.7. The fraction of sp³-hybridized carbons (Fsp3) is 0.550. The van der Waals surface area contributed by atoms with Crippen molar-refractivity contribution in [3.63, 3.8) is 0 Å². The number of nitrogens with zero attached hydrogens (tertiary/aromatic N) is 3. The van der Waals surface area contributed by atoms with Crippen molar-refractivity contribution in [1.82, 2.24) is 20.7 Å². The molecule has 0 unspecified atom stereocenters. The Hall–Kier alpha value is -3.56. The van der Waals surface area contributed by atoms with Crippen LogP contribution < -0.4 is 10.2 Å². The molecule has 1 aliphatic heterocycles. The summed E-state index contributed by atoms with van der Waals surface area (Å²) < 4.78 is 16.7. The minimum absolute atomic E-state index is 0.0333. The SMILES string of the molecule is CCCCCC(=O)NCCSSCCC(=O)CCCOCCOCCOCCCC(=O)CCC(=O)N1Cc2ccccc2-c2n[nH]nc2-c2ccccc21. The summed E-state index contributed by atoms with van der Waals surface area (Å²) in [5.41, 5.74) is 4.90. The number of hydrogen-bond acceptors (Lipinski definition) is 11. The number of ketones is 2. The average molecular weight is 782 g/mol. The van der Waals surface area contributed by atoms with E-state index < -0.39 is 0 Å². The number of rotatable bonds is 28. The predicted molar refractivity (Wildman–Crippen MR) is 215 cm³/mol. The van der Waals surface area contributed by atoms with Crippen molar-refractivity contribution in [2.24, 2.45) is 0 Å². The van der Waals surface area contributed by atoms with Gasteiger partial charge in [0.1, 0.15) is 23.0 Å². The van der Waals surface area contributed by atoms with E-state index in [1.165, 1.54) is 0 Å². The molecular formula is C40H55N5O7S2. The van der Waals surface area contributed by atoms with Gasteiger partial charge in [-0.25, -0.2) is 0 Å². The molecule has 12 nitrogen and oxygen atoms in total. The van der Waals surface area contributed by atoms with E-state index in [0.29, 0.717) is 96.9 Å². The number of carbonyl (C=O) groups excluding carboxylic acids is 4. The molecule has 0 fully saturated rings. The third kappa shape index (κ3) is 15.3. The minimum atomic E-state index is -0.114. The number of aromatic nitrogens is 3. The van der Waals surface area contributed by atoms with Crippen molar-refractivity contribution in [2.75, 3.05) is 62.6 Å². The van der Waals surface area contributed by atoms with E-state index >= 15 is 0 Å². The molecule has 4 rings (SSSR count). The van der Waals surface area contributed by atoms with Crippen molar-refractivity contribution in [3.8, 4) is 22.5 Å². The molecule has 2 aromatic carbocycles. The number of ether oxygens (including phenoxy) is 3. The van der Waals surface area contributed by atoms with Crippen LogP contribution in [0, 0.1) is 0 Å². The van der Waals surface area contributed by atoms with Crippen LogP contribution in [0.2, 0.25) is 0 Å². The van der Waals surface area contributed by atoms with Crippen LogP contribution in [0.3, 0.4) is 0 Å². The third-order valence-corrected chi connectivity index (χ3v) is 11.2. The lowest BCUT2D eigenvalue weighted by Gasteiger charge is -2.28. The number of aromatic amines is 1. The number of unbranched alkanes of at least 4 members (excludes halogenated alkanes) is 2. The molecule has 1 aliphatic rings. The first-order chi connectivity index (χ1) is 26.5. The first kappa shape index (κ1) is 43.2. The molecule has 294 valence electrons. The van der Waals surface area contributed by atoms with Crippen LogP contribution in [0.1, 0.15) is 83.1 Å². The van der Waals surface area contributed by atoms with Crippen LogP contribution in [-0.2, 0) is 39.9 Å². The van der Waals surface area contributed by atoms with Crippen LogP contribution in [-0.4, -0.2) is 96.5 Å². The number of H-pyrrole nitrogens is 1. The van der Waals surface area contributed by atoms with E-state index in [0.717, 1.165) is 58.8 Å². The van der Waals surface area contributed by atoms with Crippen molar-refractivity contribution < 1.29 is 33.4 Å². The van der Waals surface area contributed by atoms with Gasteiger partial charge in [-0.05, 0) is 30.9 Å². The van der Waals surface area contributed by atoms with E-state index in [1.54, 1.807) is 26.5 Å². The first-order valence-corrected chi connectivity index (χ1v) is 21.6. The number of fused-ring (bicyclic) bond motifs is 5. The van der Waals surface area contributed by atoms with Crippen molar-refractivity contribution in [1.29, 1.82) is 0 Å². The highest BCUT2D eigenvalue weighted by Crippen LogP contribution is 2.40. The minimum Gasteiger partial charge on any atom is -0.379 e. The molecule has 2 N–H and O–H groups in total. The summed E-state index contributed by atoms with van der Waals surface area (Å²) in [6.07, 6.45) is 6.75. The fourth-order valence-corrected chi connectivity index (χ4v) is 7.87. The lowest BCUT2D eigenvalue weighted by molar-refractivity contribution is -0.124. The standard InChI is InChI=1S/C40H55N5O7S2/c1-2-3-4-17-37(48)41-21-29-54-53-28-20-33(47)13-10-23-51-25-27-52-26-24-50-22-9-12-32(46)18-19-38(49)45-30-31-11-5-6-14-34(31)39-40(43-44-42-39)35-15-7-8-16-36(35)45/h5-8,11,14-16H,2-4,9-10,12-13,17-30H2,1H3,(H,41,48)(H,42,43,44). The Kier molecular flexibility index (Phi) is 20.4. The number of Topliss-reactive ketones (excluding diaryl/α,β-unsaturated/α-hetero) is 2. The number of anilines is 1. The van der Waals surface area contributed by atoms with Gasteiger partial charge in [0.25, 0.3) is 0 Å². The Bertz CT molecular complexity index is 1600. The molecule has 3 aromatic rings. The Balaban J connectivity index is 0.963. The van der Waals surface area contributed by atoms with E-state index in [4.69, 9.17) is 14.2 Å². The van der Waals surface area contributed by atoms with Crippen LogP contribution in [0.15, 0.2) is 48.5 Å². The number of amides is 2. The van der Waals surface area contributed by atoms with Gasteiger partial charge in [-0.15, -0.1) is 0 Å². The van der Waals surface area contributed by atoms with Gasteiger partial charge in [0.05, 0.1) is 38.7 Å². The van der Waals surface area contributed by atoms with E-state index in [1.807, 2.05) is 48.5 Å². The predicted octanol–water partition coefficient (Wildman–Crippen LogP) is 6.98. The van der Waals surface area contributed by atoms with Crippen LogP contribution >= 0.6 is 21.6 Å². The average Bonchev–Trinajstić information content (AvgIpc) is 3.66. The zero-order valence-corrected chi connectivity index (χ0v) is 33.1. The summed E-state index contributed by atoms with van der Waals surface area (Å²) in [5, 5.41) is 14.5. The third-order valence-electron chi connectivity index (χ3n) is 8.81. The summed E-state index contributed by atoms with van der Waals surface area (Å²) in [6.45, 7) is 5.89. The summed E-state index contributed by atoms with van der Waals surface area (Å²) in [7, 11) is 3.37. The maximum absolute atomic E-state index is 13.6. The van der Waals surface area contributed by atoms with Crippen molar-refractivity contribution in [3.05, 3.63) is 54.1 Å². The molecule has 0 atom stereocenters. The van der Waals surface area contributed by atoms with Gasteiger partial charge in [0.2, 0.25) is 11.8 Å². The van der Waals surface area contributed by atoms with Crippen LogP contribution in [0.5, 0.6) is 0 Å². The zero-order valence-electron chi connectivity index (χ0n) is 31.5. The number of para-hydroxylation sites is 1. The lowest BCUT2D eigenvalue weighted by Crippen LogP contribution is -2.32. The van der Waals surface area contributed by atoms with Gasteiger partial charge in [-0.1, -0.05) is 83.8 Å². The summed E-state index contributed by atoms with van der Waals surface area (Å²) >= 11 is 0. The monoisotopic (exact) mass is 781 g/mol. The highest BCUT2D eigenvalue weighted by molar-refractivity contribution is 8.76. The molecule has 0 saturated heterocycles. The largest absolute Gasteiger partial charge is 0.379 e. The second kappa shape index (κ2) is 25.5. The van der Waals surface area contributed by atoms with E-state index in [9.17, 15) is 19.2 Å². The Morgan fingerprint density at radius 2 is 1.30 bits per heavy atom. The van der Waals surface area contributed by atoms with E-state index in [2.05, 4.69) is 27.7 Å². The first-order valence-electron chi connectivity index (χ1n) is 19.1. The smallest absolute Gasteiger partial charge is 0.227 e. The van der Waals surface area contributed by atoms with Gasteiger partial charge < -0.3 is 24.4 Å². The molecule has 0 aliphatic carbocycles. The fourth-order valence-electron chi connectivity index (χ4n) is 5.93. The Labute approximate surface area is 327 Å². The molecule has 2 amide bonds. The molecule has 54 heavy (non-hydrogen) atoms. The maximum atomic E-state index is 13.6. The van der Waals surface area contributed by atoms with Crippen LogP contribution in [0.25, 0.3) is 22.5 Å². The molecular weight excluding hydrogens is 727 g/mol. The molecule has 14 heteroatoms. The molecule has 2 heterocycles. The quantitative estimate of drug-likeness (QED) is 0.0580. The normalized spacial score (nSPS) is 12.0. The lowest BCUT2D eigenvalue weighted by atomic mass is 9.95. The number of benzene rings is 2. The molecule has 0 spiro atoms. The molecule has 0 bridgehead atoms. The Morgan fingerprint density at radius 3 is 2.02 bits per heavy atom. The zero-order chi connectivity index (χ0) is 38.2. The van der Waals surface area contributed by atoms with Gasteiger partial charge in [-0.2, -0.15) is 15.4 Å². The topological polar surface area (TPSA) is 153 Å². The number of carbonyl (C=O) groups is 4. The van der Waals surface area contributed by atoms with Crippen molar-refractivity contribution >= 4 is 50.7 Å². The number of hydrogen-bond donors (Lipinski definition) is 2. The summed E-state index contributed by atoms with van der Waals surface area (Å²) in [4.78, 5) is 51.7. The summed E-state index contributed by atoms with van der Waals surface area (Å²) in [5.74, 6) is 1.91. The summed E-state index contributed by atoms with van der Waals surface area (Å²) in [6, 6.07) is 15.5. The number of nitrogens with one attached hydrogen (secondary N) is 2. The van der Waals surface area contributed by atoms with Gasteiger partial charge in [-0.3, -0.25) is 19.2 Å². The van der Waals surface area contributed by atoms with Crippen molar-refractivity contribution in [2.45, 2.75) is 84.1 Å². The van der Waals surface area contributed by atoms with Gasteiger partial charge in [0, 0.05) is 80.9 Å². The Morgan fingerprint density at radius 1 is 0.685 bits per heavy atom. The van der Waals surface area contributed by atoms with E-state index in [-0.39, 0.29) is 36.2 Å². The highest BCUT2D eigenvalue weighted by atomic mass is 33.1. The van der Waals surface area contributed by atoms with Crippen LogP contribution in [0.4, 0.5) is 5.69 Å². The highest BCUT2D eigenvalue weighted by Gasteiger charge is 2.27. The maximum Gasteiger partial charge on any atom is 0.227 e. The molecule has 0 radical (unpaired) electrons. The van der Waals surface area contributed by atoms with Gasteiger partial charge >= 0.3 is 0 Å². The van der Waals surface area contributed by atoms with Gasteiger partial charge in [0.15, 0.2) is 0 Å².